The van der Waals surface area contributed by atoms with E-state index in [-0.39, 0.29) is 0 Å². The second kappa shape index (κ2) is 3.90. The highest BCUT2D eigenvalue weighted by Gasteiger charge is 2.11. The van der Waals surface area contributed by atoms with Gasteiger partial charge >= 0.3 is 0 Å². The molecule has 0 amide bonds. The van der Waals surface area contributed by atoms with Crippen molar-refractivity contribution in [2.45, 2.75) is 26.3 Å². The average Bonchev–Trinajstić information content (AvgIpc) is 2.66. The lowest BCUT2D eigenvalue weighted by Gasteiger charge is -2.12. The molecule has 0 aliphatic rings. The van der Waals surface area contributed by atoms with Crippen molar-refractivity contribution < 1.29 is 0 Å². The van der Waals surface area contributed by atoms with Crippen molar-refractivity contribution in [1.29, 1.82) is 5.26 Å². The van der Waals surface area contributed by atoms with E-state index in [1.807, 2.05) is 24.4 Å². The second-order valence-electron chi connectivity index (χ2n) is 4.10. The van der Waals surface area contributed by atoms with Crippen LogP contribution in [0, 0.1) is 11.3 Å². The molecule has 2 aromatic rings. The highest BCUT2D eigenvalue weighted by atomic mass is 15.0. The number of rotatable bonds is 2. The third kappa shape index (κ3) is 1.53. The van der Waals surface area contributed by atoms with E-state index in [0.29, 0.717) is 17.3 Å². The maximum atomic E-state index is 9.09. The third-order valence-electron chi connectivity index (χ3n) is 3.04. The van der Waals surface area contributed by atoms with Gasteiger partial charge in [0.15, 0.2) is 0 Å². The molecule has 0 fully saturated rings. The maximum absolute atomic E-state index is 9.09. The standard InChI is InChI=1S/C13H15N3/c1-3-9(2)16-8-10(7-14)12-6-11(15)4-5-13(12)16/h4-6,8-9H,3,15H2,1-2H3. The zero-order valence-corrected chi connectivity index (χ0v) is 9.57. The minimum absolute atomic E-state index is 0.397. The summed E-state index contributed by atoms with van der Waals surface area (Å²) in [5.74, 6) is 0. The molecule has 82 valence electrons. The minimum atomic E-state index is 0.397. The number of anilines is 1. The van der Waals surface area contributed by atoms with E-state index in [1.165, 1.54) is 0 Å². The highest BCUT2D eigenvalue weighted by Crippen LogP contribution is 2.27. The first kappa shape index (κ1) is 10.6. The van der Waals surface area contributed by atoms with Crippen LogP contribution in [-0.4, -0.2) is 4.57 Å². The van der Waals surface area contributed by atoms with Crippen LogP contribution in [0.4, 0.5) is 5.69 Å². The van der Waals surface area contributed by atoms with Gasteiger partial charge in [-0.1, -0.05) is 6.92 Å². The molecule has 0 bridgehead atoms. The Kier molecular flexibility index (Phi) is 2.57. The van der Waals surface area contributed by atoms with Gasteiger partial charge in [-0.15, -0.1) is 0 Å². The Morgan fingerprint density at radius 3 is 2.88 bits per heavy atom. The Balaban J connectivity index is 2.74. The van der Waals surface area contributed by atoms with Crippen molar-refractivity contribution in [3.63, 3.8) is 0 Å². The minimum Gasteiger partial charge on any atom is -0.399 e. The van der Waals surface area contributed by atoms with E-state index >= 15 is 0 Å². The molecular weight excluding hydrogens is 198 g/mol. The Bertz CT molecular complexity index is 560. The maximum Gasteiger partial charge on any atom is 0.101 e. The van der Waals surface area contributed by atoms with Crippen molar-refractivity contribution >= 4 is 16.6 Å². The zero-order chi connectivity index (χ0) is 11.7. The number of hydrogen-bond acceptors (Lipinski definition) is 2. The van der Waals surface area contributed by atoms with E-state index < -0.39 is 0 Å². The Morgan fingerprint density at radius 1 is 1.50 bits per heavy atom. The number of fused-ring (bicyclic) bond motifs is 1. The molecule has 1 heterocycles. The molecule has 0 aliphatic carbocycles. The fourth-order valence-corrected chi connectivity index (χ4v) is 1.92. The van der Waals surface area contributed by atoms with Crippen LogP contribution in [-0.2, 0) is 0 Å². The van der Waals surface area contributed by atoms with E-state index in [2.05, 4.69) is 24.5 Å². The molecule has 0 saturated heterocycles. The van der Waals surface area contributed by atoms with Gasteiger partial charge in [0.2, 0.25) is 0 Å². The predicted octanol–water partition coefficient (Wildman–Crippen LogP) is 3.07. The van der Waals surface area contributed by atoms with Crippen LogP contribution >= 0.6 is 0 Å². The fourth-order valence-electron chi connectivity index (χ4n) is 1.92. The summed E-state index contributed by atoms with van der Waals surface area (Å²) in [6.45, 7) is 4.29. The van der Waals surface area contributed by atoms with Gasteiger partial charge in [0.05, 0.1) is 5.56 Å². The fraction of sp³-hybridized carbons (Fsp3) is 0.308. The van der Waals surface area contributed by atoms with Gasteiger partial charge in [-0.05, 0) is 31.5 Å². The van der Waals surface area contributed by atoms with Crippen LogP contribution in [0.3, 0.4) is 0 Å². The van der Waals surface area contributed by atoms with Gasteiger partial charge < -0.3 is 10.3 Å². The van der Waals surface area contributed by atoms with Crippen LogP contribution in [0.2, 0.25) is 0 Å². The van der Waals surface area contributed by atoms with E-state index in [0.717, 1.165) is 17.3 Å². The van der Waals surface area contributed by atoms with Gasteiger partial charge in [-0.2, -0.15) is 5.26 Å². The van der Waals surface area contributed by atoms with Gasteiger partial charge in [0.1, 0.15) is 6.07 Å². The Labute approximate surface area is 95.1 Å². The van der Waals surface area contributed by atoms with Crippen molar-refractivity contribution in [3.05, 3.63) is 30.0 Å². The molecule has 0 spiro atoms. The van der Waals surface area contributed by atoms with E-state index in [1.54, 1.807) is 0 Å². The van der Waals surface area contributed by atoms with Crippen molar-refractivity contribution in [2.24, 2.45) is 0 Å². The smallest absolute Gasteiger partial charge is 0.101 e. The summed E-state index contributed by atoms with van der Waals surface area (Å²) in [4.78, 5) is 0. The molecule has 0 radical (unpaired) electrons. The number of benzene rings is 1. The molecule has 0 aliphatic heterocycles. The molecule has 1 atom stereocenters. The first-order chi connectivity index (χ1) is 7.67. The average molecular weight is 213 g/mol. The van der Waals surface area contributed by atoms with Crippen molar-refractivity contribution in [1.82, 2.24) is 4.57 Å². The summed E-state index contributed by atoms with van der Waals surface area (Å²) < 4.78 is 2.15. The van der Waals surface area contributed by atoms with Crippen LogP contribution < -0.4 is 5.73 Å². The lowest BCUT2D eigenvalue weighted by Crippen LogP contribution is -2.01. The molecule has 2 N–H and O–H groups in total. The number of aromatic nitrogens is 1. The third-order valence-corrected chi connectivity index (χ3v) is 3.04. The monoisotopic (exact) mass is 213 g/mol. The molecule has 0 saturated carbocycles. The van der Waals surface area contributed by atoms with E-state index in [4.69, 9.17) is 11.0 Å². The topological polar surface area (TPSA) is 54.7 Å². The lowest BCUT2D eigenvalue weighted by molar-refractivity contribution is 0.548. The predicted molar refractivity (Wildman–Crippen MR) is 66.1 cm³/mol. The molecule has 2 rings (SSSR count). The summed E-state index contributed by atoms with van der Waals surface area (Å²) in [7, 11) is 0. The van der Waals surface area contributed by atoms with E-state index in [9.17, 15) is 0 Å². The zero-order valence-electron chi connectivity index (χ0n) is 9.57. The van der Waals surface area contributed by atoms with Crippen molar-refractivity contribution in [3.8, 4) is 6.07 Å². The summed E-state index contributed by atoms with van der Waals surface area (Å²) in [6, 6.07) is 8.35. The number of hydrogen-bond donors (Lipinski definition) is 1. The summed E-state index contributed by atoms with van der Waals surface area (Å²) in [5, 5.41) is 10.0. The van der Waals surface area contributed by atoms with Gasteiger partial charge in [0, 0.05) is 28.8 Å². The van der Waals surface area contributed by atoms with Gasteiger partial charge in [0.25, 0.3) is 0 Å². The largest absolute Gasteiger partial charge is 0.399 e. The summed E-state index contributed by atoms with van der Waals surface area (Å²) in [6.07, 6.45) is 2.96. The van der Waals surface area contributed by atoms with Crippen molar-refractivity contribution in [2.75, 3.05) is 5.73 Å². The number of nitrogen functional groups attached to an aromatic ring is 1. The summed E-state index contributed by atoms with van der Waals surface area (Å²) >= 11 is 0. The first-order valence-corrected chi connectivity index (χ1v) is 5.47. The second-order valence-corrected chi connectivity index (χ2v) is 4.10. The van der Waals surface area contributed by atoms with Crippen LogP contribution in [0.25, 0.3) is 10.9 Å². The quantitative estimate of drug-likeness (QED) is 0.779. The first-order valence-electron chi connectivity index (χ1n) is 5.47. The molecule has 16 heavy (non-hydrogen) atoms. The van der Waals surface area contributed by atoms with Crippen LogP contribution in [0.15, 0.2) is 24.4 Å². The number of nitrogens with zero attached hydrogens (tertiary/aromatic N) is 2. The van der Waals surface area contributed by atoms with Gasteiger partial charge in [-0.25, -0.2) is 0 Å². The molecule has 1 aromatic heterocycles. The highest BCUT2D eigenvalue weighted by molar-refractivity contribution is 5.89. The normalized spacial score (nSPS) is 12.6. The SMILES string of the molecule is CCC(C)n1cc(C#N)c2cc(N)ccc21. The summed E-state index contributed by atoms with van der Waals surface area (Å²) in [5.41, 5.74) is 8.23. The Morgan fingerprint density at radius 2 is 2.25 bits per heavy atom. The molecule has 1 aromatic carbocycles. The van der Waals surface area contributed by atoms with Gasteiger partial charge in [-0.3, -0.25) is 0 Å². The van der Waals surface area contributed by atoms with Crippen LogP contribution in [0.1, 0.15) is 31.9 Å². The molecule has 3 nitrogen and oxygen atoms in total. The number of nitriles is 1. The Hall–Kier alpha value is -1.95. The molecule has 1 unspecified atom stereocenters. The van der Waals surface area contributed by atoms with Crippen LogP contribution in [0.5, 0.6) is 0 Å². The number of nitrogens with two attached hydrogens (primary N) is 1. The lowest BCUT2D eigenvalue weighted by atomic mass is 10.1. The molecular formula is C13H15N3. The molecule has 3 heteroatoms.